The van der Waals surface area contributed by atoms with Crippen LogP contribution in [0.4, 0.5) is 5.95 Å². The Balaban J connectivity index is 1.53. The fourth-order valence-electron chi connectivity index (χ4n) is 2.95. The molecule has 27 heavy (non-hydrogen) atoms. The minimum Gasteiger partial charge on any atom is -0.491 e. The third kappa shape index (κ3) is 4.95. The lowest BCUT2D eigenvalue weighted by atomic mass is 10.1. The Bertz CT molecular complexity index is 753. The predicted octanol–water partition coefficient (Wildman–Crippen LogP) is 2.13. The van der Waals surface area contributed by atoms with E-state index in [-0.39, 0.29) is 11.9 Å². The highest BCUT2D eigenvalue weighted by molar-refractivity contribution is 5.93. The SMILES string of the molecule is Cc1cccc(C)c1OC[C@@H](C)NC(=O)c1cnc(N2CCOCC2)nc1. The highest BCUT2D eigenvalue weighted by atomic mass is 16.5. The number of hydrogen-bond donors (Lipinski definition) is 1. The van der Waals surface area contributed by atoms with E-state index in [1.54, 1.807) is 12.4 Å². The Morgan fingerprint density at radius 2 is 1.85 bits per heavy atom. The number of nitrogens with zero attached hydrogens (tertiary/aromatic N) is 3. The maximum absolute atomic E-state index is 12.4. The van der Waals surface area contributed by atoms with E-state index >= 15 is 0 Å². The van der Waals surface area contributed by atoms with Crippen molar-refractivity contribution >= 4 is 11.9 Å². The summed E-state index contributed by atoms with van der Waals surface area (Å²) in [4.78, 5) is 23.1. The standard InChI is InChI=1S/C20H26N4O3/c1-14-5-4-6-15(2)18(14)27-13-16(3)23-19(25)17-11-21-20(22-12-17)24-7-9-26-10-8-24/h4-6,11-12,16H,7-10,13H2,1-3H3,(H,23,25)/t16-/m1/s1. The topological polar surface area (TPSA) is 76.6 Å². The van der Waals surface area contributed by atoms with Gasteiger partial charge in [0.1, 0.15) is 12.4 Å². The molecule has 1 saturated heterocycles. The molecule has 7 nitrogen and oxygen atoms in total. The summed E-state index contributed by atoms with van der Waals surface area (Å²) in [5.41, 5.74) is 2.60. The van der Waals surface area contributed by atoms with Crippen LogP contribution in [0.15, 0.2) is 30.6 Å². The van der Waals surface area contributed by atoms with Gasteiger partial charge in [-0.3, -0.25) is 4.79 Å². The van der Waals surface area contributed by atoms with E-state index in [4.69, 9.17) is 9.47 Å². The molecule has 1 aliphatic rings. The lowest BCUT2D eigenvalue weighted by Gasteiger charge is -2.26. The number of benzene rings is 1. The normalized spacial score (nSPS) is 15.3. The largest absolute Gasteiger partial charge is 0.491 e. The van der Waals surface area contributed by atoms with Crippen LogP contribution in [0.1, 0.15) is 28.4 Å². The van der Waals surface area contributed by atoms with Gasteiger partial charge in [0.2, 0.25) is 5.95 Å². The van der Waals surface area contributed by atoms with Gasteiger partial charge in [0.15, 0.2) is 0 Å². The van der Waals surface area contributed by atoms with Gasteiger partial charge in [-0.1, -0.05) is 18.2 Å². The first-order valence-corrected chi connectivity index (χ1v) is 9.19. The number of para-hydroxylation sites is 1. The number of ether oxygens (including phenoxy) is 2. The van der Waals surface area contributed by atoms with Gasteiger partial charge in [-0.25, -0.2) is 9.97 Å². The number of carbonyl (C=O) groups excluding carboxylic acids is 1. The van der Waals surface area contributed by atoms with Crippen molar-refractivity contribution in [3.05, 3.63) is 47.3 Å². The van der Waals surface area contributed by atoms with Gasteiger partial charge in [0.05, 0.1) is 24.8 Å². The summed E-state index contributed by atoms with van der Waals surface area (Å²) in [6.45, 7) is 9.19. The Kier molecular flexibility index (Phi) is 6.24. The van der Waals surface area contributed by atoms with Crippen molar-refractivity contribution in [2.75, 3.05) is 37.8 Å². The second kappa shape index (κ2) is 8.81. The summed E-state index contributed by atoms with van der Waals surface area (Å²) in [6.07, 6.45) is 3.12. The van der Waals surface area contributed by atoms with Crippen LogP contribution in [0, 0.1) is 13.8 Å². The molecule has 0 spiro atoms. The van der Waals surface area contributed by atoms with Gasteiger partial charge in [-0.15, -0.1) is 0 Å². The van der Waals surface area contributed by atoms with Crippen LogP contribution < -0.4 is 15.0 Å². The summed E-state index contributed by atoms with van der Waals surface area (Å²) >= 11 is 0. The lowest BCUT2D eigenvalue weighted by molar-refractivity contribution is 0.0925. The fraction of sp³-hybridized carbons (Fsp3) is 0.450. The molecule has 1 fully saturated rings. The third-order valence-corrected chi connectivity index (χ3v) is 4.46. The smallest absolute Gasteiger partial charge is 0.254 e. The molecule has 1 N–H and O–H groups in total. The molecule has 1 atom stereocenters. The zero-order chi connectivity index (χ0) is 19.2. The first-order valence-electron chi connectivity index (χ1n) is 9.19. The number of aryl methyl sites for hydroxylation is 2. The maximum atomic E-state index is 12.4. The Morgan fingerprint density at radius 3 is 2.48 bits per heavy atom. The quantitative estimate of drug-likeness (QED) is 0.839. The van der Waals surface area contributed by atoms with Crippen LogP contribution in [-0.4, -0.2) is 54.8 Å². The number of hydrogen-bond acceptors (Lipinski definition) is 6. The van der Waals surface area contributed by atoms with Gasteiger partial charge in [0.25, 0.3) is 5.91 Å². The maximum Gasteiger partial charge on any atom is 0.254 e. The lowest BCUT2D eigenvalue weighted by Crippen LogP contribution is -2.38. The van der Waals surface area contributed by atoms with Crippen molar-refractivity contribution in [3.8, 4) is 5.75 Å². The van der Waals surface area contributed by atoms with Gasteiger partial charge >= 0.3 is 0 Å². The number of anilines is 1. The van der Waals surface area contributed by atoms with Crippen molar-refractivity contribution in [1.82, 2.24) is 15.3 Å². The van der Waals surface area contributed by atoms with Gasteiger partial charge in [-0.2, -0.15) is 0 Å². The summed E-state index contributed by atoms with van der Waals surface area (Å²) in [5.74, 6) is 1.29. The van der Waals surface area contributed by atoms with Crippen LogP contribution in [0.25, 0.3) is 0 Å². The molecule has 144 valence electrons. The summed E-state index contributed by atoms with van der Waals surface area (Å²) in [7, 11) is 0. The molecule has 1 aromatic carbocycles. The highest BCUT2D eigenvalue weighted by Gasteiger charge is 2.16. The van der Waals surface area contributed by atoms with Crippen LogP contribution in [-0.2, 0) is 4.74 Å². The Hall–Kier alpha value is -2.67. The second-order valence-corrected chi connectivity index (χ2v) is 6.78. The first-order chi connectivity index (χ1) is 13.0. The summed E-state index contributed by atoms with van der Waals surface area (Å²) in [6, 6.07) is 5.89. The van der Waals surface area contributed by atoms with E-state index < -0.39 is 0 Å². The predicted molar refractivity (Wildman–Crippen MR) is 103 cm³/mol. The highest BCUT2D eigenvalue weighted by Crippen LogP contribution is 2.22. The molecule has 2 aromatic rings. The van der Waals surface area contributed by atoms with Crippen molar-refractivity contribution < 1.29 is 14.3 Å². The van der Waals surface area contributed by atoms with E-state index in [1.807, 2.05) is 43.9 Å². The number of rotatable bonds is 6. The zero-order valence-corrected chi connectivity index (χ0v) is 16.1. The summed E-state index contributed by atoms with van der Waals surface area (Å²) in [5, 5.41) is 2.93. The van der Waals surface area contributed by atoms with Crippen molar-refractivity contribution in [3.63, 3.8) is 0 Å². The molecule has 0 saturated carbocycles. The summed E-state index contributed by atoms with van der Waals surface area (Å²) < 4.78 is 11.2. The molecule has 0 bridgehead atoms. The molecule has 1 aromatic heterocycles. The van der Waals surface area contributed by atoms with E-state index in [0.717, 1.165) is 30.0 Å². The van der Waals surface area contributed by atoms with Crippen LogP contribution in [0.5, 0.6) is 5.75 Å². The molecule has 0 radical (unpaired) electrons. The molecule has 1 aliphatic heterocycles. The number of amides is 1. The van der Waals surface area contributed by atoms with E-state index in [1.165, 1.54) is 0 Å². The third-order valence-electron chi connectivity index (χ3n) is 4.46. The van der Waals surface area contributed by atoms with Crippen LogP contribution in [0.2, 0.25) is 0 Å². The van der Waals surface area contributed by atoms with Crippen molar-refractivity contribution in [1.29, 1.82) is 0 Å². The molecule has 3 rings (SSSR count). The van der Waals surface area contributed by atoms with Crippen molar-refractivity contribution in [2.45, 2.75) is 26.8 Å². The average molecular weight is 370 g/mol. The Labute approximate surface area is 159 Å². The minimum atomic E-state index is -0.207. The van der Waals surface area contributed by atoms with E-state index in [0.29, 0.717) is 31.3 Å². The molecule has 1 amide bonds. The number of nitrogens with one attached hydrogen (secondary N) is 1. The van der Waals surface area contributed by atoms with Gasteiger partial charge < -0.3 is 19.7 Å². The van der Waals surface area contributed by atoms with Gasteiger partial charge in [-0.05, 0) is 31.9 Å². The van der Waals surface area contributed by atoms with E-state index in [2.05, 4.69) is 15.3 Å². The number of aromatic nitrogens is 2. The Morgan fingerprint density at radius 1 is 1.22 bits per heavy atom. The minimum absolute atomic E-state index is 0.143. The molecule has 7 heteroatoms. The second-order valence-electron chi connectivity index (χ2n) is 6.78. The molecular formula is C20H26N4O3. The fourth-order valence-corrected chi connectivity index (χ4v) is 2.95. The number of morpholine rings is 1. The van der Waals surface area contributed by atoms with E-state index in [9.17, 15) is 4.79 Å². The first kappa shape index (κ1) is 19.1. The van der Waals surface area contributed by atoms with Crippen LogP contribution in [0.3, 0.4) is 0 Å². The zero-order valence-electron chi connectivity index (χ0n) is 16.1. The van der Waals surface area contributed by atoms with Crippen molar-refractivity contribution in [2.24, 2.45) is 0 Å². The average Bonchev–Trinajstić information content (AvgIpc) is 2.68. The molecule has 0 unspecified atom stereocenters. The number of carbonyl (C=O) groups is 1. The molecule has 2 heterocycles. The monoisotopic (exact) mass is 370 g/mol. The van der Waals surface area contributed by atoms with Gasteiger partial charge in [0, 0.05) is 25.5 Å². The molecular weight excluding hydrogens is 344 g/mol. The van der Waals surface area contributed by atoms with Crippen LogP contribution >= 0.6 is 0 Å². The molecule has 0 aliphatic carbocycles.